The van der Waals surface area contributed by atoms with Crippen LogP contribution in [0, 0.1) is 4.91 Å². The normalized spacial score (nSPS) is 13.9. The van der Waals surface area contributed by atoms with Gasteiger partial charge in [-0.05, 0) is 11.6 Å². The van der Waals surface area contributed by atoms with E-state index in [-0.39, 0.29) is 6.42 Å². The van der Waals surface area contributed by atoms with Crippen LogP contribution in [0.1, 0.15) is 51.9 Å². The number of aliphatic carboxylic acids is 1. The molecule has 0 bridgehead atoms. The average Bonchev–Trinajstić information content (AvgIpc) is 2.35. The zero-order valence-electron chi connectivity index (χ0n) is 10.7. The van der Waals surface area contributed by atoms with Crippen LogP contribution in [0.4, 0.5) is 0 Å². The number of unbranched alkanes of at least 4 members (excludes halogenated alkanes) is 4. The van der Waals surface area contributed by atoms with Gasteiger partial charge in [0.15, 0.2) is 5.78 Å². The van der Waals surface area contributed by atoms with E-state index < -0.39 is 30.3 Å². The van der Waals surface area contributed by atoms with E-state index in [1.165, 1.54) is 0 Å². The van der Waals surface area contributed by atoms with Gasteiger partial charge in [-0.15, -0.1) is 4.91 Å². The highest BCUT2D eigenvalue weighted by Gasteiger charge is 2.46. The Morgan fingerprint density at radius 1 is 1.17 bits per heavy atom. The van der Waals surface area contributed by atoms with Crippen molar-refractivity contribution in [3.05, 3.63) is 4.91 Å². The summed E-state index contributed by atoms with van der Waals surface area (Å²) in [5.74, 6) is -2.29. The van der Waals surface area contributed by atoms with Crippen molar-refractivity contribution in [2.75, 3.05) is 6.61 Å². The molecule has 2 N–H and O–H groups in total. The Balaban J connectivity index is 4.39. The van der Waals surface area contributed by atoms with E-state index in [2.05, 4.69) is 12.1 Å². The average molecular weight is 259 g/mol. The second-order valence-corrected chi connectivity index (χ2v) is 4.32. The third-order valence-corrected chi connectivity index (χ3v) is 2.95. The highest BCUT2D eigenvalue weighted by molar-refractivity contribution is 6.07. The van der Waals surface area contributed by atoms with Crippen LogP contribution in [0.25, 0.3) is 0 Å². The largest absolute Gasteiger partial charge is 0.479 e. The third kappa shape index (κ3) is 4.52. The molecule has 0 saturated heterocycles. The van der Waals surface area contributed by atoms with E-state index in [1.54, 1.807) is 0 Å². The van der Waals surface area contributed by atoms with Crippen molar-refractivity contribution in [2.45, 2.75) is 57.4 Å². The molecule has 0 aromatic heterocycles. The Morgan fingerprint density at radius 2 is 1.78 bits per heavy atom. The van der Waals surface area contributed by atoms with Crippen LogP contribution in [-0.2, 0) is 9.59 Å². The molecule has 0 saturated carbocycles. The molecule has 6 nitrogen and oxygen atoms in total. The summed E-state index contributed by atoms with van der Waals surface area (Å²) in [4.78, 5) is 33.4. The van der Waals surface area contributed by atoms with Crippen molar-refractivity contribution < 1.29 is 19.8 Å². The van der Waals surface area contributed by atoms with Crippen LogP contribution < -0.4 is 0 Å². The lowest BCUT2D eigenvalue weighted by Crippen LogP contribution is -2.45. The first-order valence-electron chi connectivity index (χ1n) is 6.27. The summed E-state index contributed by atoms with van der Waals surface area (Å²) in [6.07, 6.45) is 4.07. The van der Waals surface area contributed by atoms with E-state index >= 15 is 0 Å². The highest BCUT2D eigenvalue weighted by atomic mass is 16.4. The number of carboxylic acid groups (broad SMARTS) is 1. The van der Waals surface area contributed by atoms with E-state index in [9.17, 15) is 14.5 Å². The van der Waals surface area contributed by atoms with Gasteiger partial charge in [0.25, 0.3) is 5.54 Å². The van der Waals surface area contributed by atoms with E-state index in [0.717, 1.165) is 25.7 Å². The van der Waals surface area contributed by atoms with Crippen LogP contribution in [0.15, 0.2) is 5.18 Å². The van der Waals surface area contributed by atoms with Crippen LogP contribution in [0.5, 0.6) is 0 Å². The van der Waals surface area contributed by atoms with Crippen molar-refractivity contribution in [2.24, 2.45) is 5.18 Å². The Hall–Kier alpha value is -1.30. The van der Waals surface area contributed by atoms with Crippen LogP contribution in [-0.4, -0.2) is 34.1 Å². The topological polar surface area (TPSA) is 104 Å². The number of carbonyl (C=O) groups is 2. The Morgan fingerprint density at radius 3 is 2.22 bits per heavy atom. The summed E-state index contributed by atoms with van der Waals surface area (Å²) in [6, 6.07) is 0. The predicted octanol–water partition coefficient (Wildman–Crippen LogP) is 1.89. The lowest BCUT2D eigenvalue weighted by atomic mass is 9.88. The van der Waals surface area contributed by atoms with E-state index in [0.29, 0.717) is 6.42 Å². The number of Topliss-reactive ketones (excluding diaryl/α,β-unsaturated/α-hetero) is 1. The molecule has 0 heterocycles. The van der Waals surface area contributed by atoms with Crippen molar-refractivity contribution in [1.82, 2.24) is 0 Å². The lowest BCUT2D eigenvalue weighted by Gasteiger charge is -2.18. The molecule has 6 heteroatoms. The number of hydrogen-bond acceptors (Lipinski definition) is 5. The number of nitroso groups, excluding NO2 is 1. The highest BCUT2D eigenvalue weighted by Crippen LogP contribution is 2.21. The summed E-state index contributed by atoms with van der Waals surface area (Å²) in [7, 11) is 0. The van der Waals surface area contributed by atoms with Crippen LogP contribution >= 0.6 is 0 Å². The fourth-order valence-electron chi connectivity index (χ4n) is 1.76. The Labute approximate surface area is 106 Å². The molecule has 0 aromatic rings. The second-order valence-electron chi connectivity index (χ2n) is 4.32. The standard InChI is InChI=1S/C12H21NO5/c1-2-3-4-5-6-7-10(15)12(13-18,8-9-14)11(16)17/h14H,2-9H2,1H3,(H,16,17)/t12-/m1/s1. The molecular formula is C12H21NO5. The first-order valence-corrected chi connectivity index (χ1v) is 6.27. The molecule has 0 unspecified atom stereocenters. The summed E-state index contributed by atoms with van der Waals surface area (Å²) < 4.78 is 0. The van der Waals surface area contributed by atoms with Crippen molar-refractivity contribution >= 4 is 11.8 Å². The Kier molecular flexibility index (Phi) is 8.11. The van der Waals surface area contributed by atoms with Gasteiger partial charge in [0.1, 0.15) is 0 Å². The molecule has 0 aromatic carbocycles. The number of nitrogens with zero attached hydrogens (tertiary/aromatic N) is 1. The molecule has 0 aliphatic carbocycles. The molecule has 0 rings (SSSR count). The lowest BCUT2D eigenvalue weighted by molar-refractivity contribution is -0.149. The number of rotatable bonds is 11. The van der Waals surface area contributed by atoms with Crippen LogP contribution in [0.2, 0.25) is 0 Å². The maximum Gasteiger partial charge on any atom is 0.343 e. The molecule has 0 aliphatic heterocycles. The predicted molar refractivity (Wildman–Crippen MR) is 66.2 cm³/mol. The minimum absolute atomic E-state index is 0.0156. The van der Waals surface area contributed by atoms with Crippen molar-refractivity contribution in [1.29, 1.82) is 0 Å². The molecule has 104 valence electrons. The maximum absolute atomic E-state index is 11.8. The fraction of sp³-hybridized carbons (Fsp3) is 0.833. The monoisotopic (exact) mass is 259 g/mol. The summed E-state index contributed by atoms with van der Waals surface area (Å²) in [6.45, 7) is 1.51. The van der Waals surface area contributed by atoms with Gasteiger partial charge in [-0.25, -0.2) is 4.79 Å². The zero-order chi connectivity index (χ0) is 14.0. The smallest absolute Gasteiger partial charge is 0.343 e. The van der Waals surface area contributed by atoms with E-state index in [1.807, 2.05) is 0 Å². The van der Waals surface area contributed by atoms with Gasteiger partial charge in [0.05, 0.1) is 0 Å². The minimum Gasteiger partial charge on any atom is -0.479 e. The second kappa shape index (κ2) is 8.74. The summed E-state index contributed by atoms with van der Waals surface area (Å²) in [5, 5.41) is 20.2. The van der Waals surface area contributed by atoms with Crippen LogP contribution in [0.3, 0.4) is 0 Å². The zero-order valence-corrected chi connectivity index (χ0v) is 10.7. The summed E-state index contributed by atoms with van der Waals surface area (Å²) in [5.41, 5.74) is -2.31. The van der Waals surface area contributed by atoms with E-state index in [4.69, 9.17) is 10.2 Å². The van der Waals surface area contributed by atoms with Gasteiger partial charge in [-0.2, -0.15) is 0 Å². The molecule has 0 fully saturated rings. The van der Waals surface area contributed by atoms with Gasteiger partial charge in [0, 0.05) is 19.4 Å². The molecular weight excluding hydrogens is 238 g/mol. The number of hydrogen-bond donors (Lipinski definition) is 2. The van der Waals surface area contributed by atoms with Crippen molar-refractivity contribution in [3.63, 3.8) is 0 Å². The van der Waals surface area contributed by atoms with Gasteiger partial charge in [-0.3, -0.25) is 4.79 Å². The number of aliphatic hydroxyl groups excluding tert-OH is 1. The summed E-state index contributed by atoms with van der Waals surface area (Å²) >= 11 is 0. The minimum atomic E-state index is -2.31. The molecule has 0 spiro atoms. The van der Waals surface area contributed by atoms with Gasteiger partial charge in [-0.1, -0.05) is 32.6 Å². The Bertz CT molecular complexity index is 292. The molecule has 0 amide bonds. The quantitative estimate of drug-likeness (QED) is 0.335. The third-order valence-electron chi connectivity index (χ3n) is 2.95. The van der Waals surface area contributed by atoms with Gasteiger partial charge >= 0.3 is 5.97 Å². The van der Waals surface area contributed by atoms with Crippen molar-refractivity contribution in [3.8, 4) is 0 Å². The first-order chi connectivity index (χ1) is 8.55. The molecule has 1 atom stereocenters. The first kappa shape index (κ1) is 16.7. The molecule has 0 radical (unpaired) electrons. The molecule has 0 aliphatic rings. The molecule has 18 heavy (non-hydrogen) atoms. The number of carboxylic acids is 1. The fourth-order valence-corrected chi connectivity index (χ4v) is 1.76. The van der Waals surface area contributed by atoms with Gasteiger partial charge < -0.3 is 10.2 Å². The maximum atomic E-state index is 11.8. The number of ketones is 1. The number of carbonyl (C=O) groups excluding carboxylic acids is 1. The van der Waals surface area contributed by atoms with Gasteiger partial charge in [0.2, 0.25) is 0 Å². The number of aliphatic hydroxyl groups is 1. The SMILES string of the molecule is CCCCCCCC(=O)[C@@](CCO)(N=O)C(=O)O.